The van der Waals surface area contributed by atoms with E-state index in [2.05, 4.69) is 30.6 Å². The maximum Gasteiger partial charge on any atom is 0.262 e. The number of carbonyl (C=O) groups excluding carboxylic acids is 1. The molecule has 144 valence electrons. The Morgan fingerprint density at radius 3 is 2.54 bits per heavy atom. The maximum atomic E-state index is 12.8. The van der Waals surface area contributed by atoms with Crippen LogP contribution in [0.4, 0.5) is 0 Å². The Labute approximate surface area is 168 Å². The fourth-order valence-corrected chi connectivity index (χ4v) is 3.40. The fourth-order valence-electron chi connectivity index (χ4n) is 3.13. The van der Waals surface area contributed by atoms with Crippen molar-refractivity contribution in [1.29, 1.82) is 0 Å². The average Bonchev–Trinajstić information content (AvgIpc) is 2.70. The van der Waals surface area contributed by atoms with Crippen LogP contribution in [0.15, 0.2) is 59.9 Å². The first-order chi connectivity index (χ1) is 13.4. The Bertz CT molecular complexity index is 1140. The van der Waals surface area contributed by atoms with Gasteiger partial charge in [0.1, 0.15) is 0 Å². The predicted octanol–water partition coefficient (Wildman–Crippen LogP) is 4.08. The first-order valence-electron chi connectivity index (χ1n) is 9.15. The van der Waals surface area contributed by atoms with Crippen LogP contribution in [0.1, 0.15) is 28.4 Å². The van der Waals surface area contributed by atoms with Crippen molar-refractivity contribution in [3.05, 3.63) is 86.9 Å². The van der Waals surface area contributed by atoms with Crippen LogP contribution < -0.4 is 5.56 Å². The van der Waals surface area contributed by atoms with Gasteiger partial charge in [0.2, 0.25) is 0 Å². The van der Waals surface area contributed by atoms with Gasteiger partial charge in [-0.1, -0.05) is 37.3 Å². The van der Waals surface area contributed by atoms with E-state index in [0.29, 0.717) is 34.3 Å². The summed E-state index contributed by atoms with van der Waals surface area (Å²) in [5.41, 5.74) is 3.21. The quantitative estimate of drug-likeness (QED) is 0.507. The number of H-pyrrole nitrogens is 1. The third-order valence-electron chi connectivity index (χ3n) is 4.74. The fraction of sp³-hybridized carbons (Fsp3) is 0.227. The largest absolute Gasteiger partial charge is 0.337 e. The van der Waals surface area contributed by atoms with Crippen molar-refractivity contribution in [2.24, 2.45) is 0 Å². The van der Waals surface area contributed by atoms with Gasteiger partial charge in [0, 0.05) is 25.7 Å². The number of allylic oxidation sites excluding steroid dienone is 1. The van der Waals surface area contributed by atoms with Gasteiger partial charge in [0.05, 0.1) is 10.9 Å². The lowest BCUT2D eigenvalue weighted by molar-refractivity contribution is 0.0785. The Morgan fingerprint density at radius 2 is 1.89 bits per heavy atom. The highest BCUT2D eigenvalue weighted by Crippen LogP contribution is 2.14. The third-order valence-corrected chi connectivity index (χ3v) is 5.06. The molecule has 0 atom stereocenters. The Balaban J connectivity index is 1.88. The Kier molecular flexibility index (Phi) is 5.90. The number of hydrogen-bond donors (Lipinski definition) is 1. The van der Waals surface area contributed by atoms with Gasteiger partial charge in [0.25, 0.3) is 11.5 Å². The van der Waals surface area contributed by atoms with Crippen molar-refractivity contribution in [1.82, 2.24) is 14.5 Å². The van der Waals surface area contributed by atoms with E-state index in [-0.39, 0.29) is 11.5 Å². The molecule has 0 saturated heterocycles. The molecule has 0 aliphatic rings. The lowest BCUT2D eigenvalue weighted by atomic mass is 10.1. The van der Waals surface area contributed by atoms with E-state index in [1.807, 2.05) is 12.1 Å². The van der Waals surface area contributed by atoms with Crippen LogP contribution in [-0.4, -0.2) is 27.4 Å². The van der Waals surface area contributed by atoms with E-state index < -0.39 is 0 Å². The number of aryl methyl sites for hydroxylation is 1. The minimum absolute atomic E-state index is 0.115. The van der Waals surface area contributed by atoms with Gasteiger partial charge in [-0.3, -0.25) is 14.2 Å². The molecule has 1 N–H and O–H groups in total. The first-order valence-corrected chi connectivity index (χ1v) is 9.56. The lowest BCUT2D eigenvalue weighted by Gasteiger charge is -2.18. The van der Waals surface area contributed by atoms with Crippen LogP contribution in [0.2, 0.25) is 0 Å². The second kappa shape index (κ2) is 8.35. The van der Waals surface area contributed by atoms with Crippen LogP contribution in [0.25, 0.3) is 10.9 Å². The number of aromatic nitrogens is 2. The maximum absolute atomic E-state index is 12.8. The van der Waals surface area contributed by atoms with E-state index >= 15 is 0 Å². The highest BCUT2D eigenvalue weighted by molar-refractivity contribution is 7.71. The molecule has 6 heteroatoms. The lowest BCUT2D eigenvalue weighted by Crippen LogP contribution is -2.26. The number of nitrogens with one attached hydrogen (secondary N) is 1. The third kappa shape index (κ3) is 3.97. The van der Waals surface area contributed by atoms with Crippen LogP contribution in [0.3, 0.4) is 0 Å². The summed E-state index contributed by atoms with van der Waals surface area (Å²) in [6.45, 7) is 6.61. The summed E-state index contributed by atoms with van der Waals surface area (Å²) in [5, 5.41) is 0.491. The number of rotatable bonds is 6. The Hall–Kier alpha value is -2.99. The van der Waals surface area contributed by atoms with E-state index in [0.717, 1.165) is 12.0 Å². The molecule has 3 rings (SSSR count). The van der Waals surface area contributed by atoms with E-state index in [9.17, 15) is 9.59 Å². The molecule has 5 nitrogen and oxygen atoms in total. The molecule has 1 aromatic heterocycles. The van der Waals surface area contributed by atoms with E-state index in [4.69, 9.17) is 12.2 Å². The number of aromatic amines is 1. The minimum atomic E-state index is -0.193. The van der Waals surface area contributed by atoms with Crippen LogP contribution >= 0.6 is 12.2 Å². The predicted molar refractivity (Wildman–Crippen MR) is 115 cm³/mol. The number of carbonyl (C=O) groups is 1. The molecular weight excluding hydrogens is 370 g/mol. The summed E-state index contributed by atoms with van der Waals surface area (Å²) in [4.78, 5) is 30.1. The van der Waals surface area contributed by atoms with Crippen LogP contribution in [-0.2, 0) is 19.5 Å². The van der Waals surface area contributed by atoms with Crippen molar-refractivity contribution in [2.45, 2.75) is 26.4 Å². The van der Waals surface area contributed by atoms with Gasteiger partial charge in [-0.05, 0) is 48.0 Å². The highest BCUT2D eigenvalue weighted by atomic mass is 32.1. The second-order valence-electron chi connectivity index (χ2n) is 6.73. The van der Waals surface area contributed by atoms with Gasteiger partial charge in [0.15, 0.2) is 4.77 Å². The van der Waals surface area contributed by atoms with Gasteiger partial charge in [-0.15, -0.1) is 6.58 Å². The molecule has 2 aromatic carbocycles. The monoisotopic (exact) mass is 393 g/mol. The molecule has 0 saturated carbocycles. The average molecular weight is 394 g/mol. The Morgan fingerprint density at radius 1 is 1.21 bits per heavy atom. The van der Waals surface area contributed by atoms with E-state index in [1.54, 1.807) is 36.2 Å². The molecule has 0 aliphatic heterocycles. The van der Waals surface area contributed by atoms with Gasteiger partial charge in [-0.25, -0.2) is 0 Å². The van der Waals surface area contributed by atoms with Crippen molar-refractivity contribution < 1.29 is 4.79 Å². The normalized spacial score (nSPS) is 10.8. The number of nitrogens with zero attached hydrogens (tertiary/aromatic N) is 2. The summed E-state index contributed by atoms with van der Waals surface area (Å²) < 4.78 is 1.75. The summed E-state index contributed by atoms with van der Waals surface area (Å²) in [7, 11) is 1.77. The van der Waals surface area contributed by atoms with Crippen molar-refractivity contribution in [2.75, 3.05) is 7.05 Å². The van der Waals surface area contributed by atoms with Gasteiger partial charge < -0.3 is 9.88 Å². The first kappa shape index (κ1) is 19.8. The van der Waals surface area contributed by atoms with Crippen molar-refractivity contribution >= 4 is 29.0 Å². The standard InChI is InChI=1S/C22H23N3O2S/c1-4-12-25-21(27)18-11-10-17(13-19(18)23-22(25)28)20(26)24(3)14-16-8-6-15(5-2)7-9-16/h4,6-11,13H,1,5,12,14H2,2-3H3,(H,23,28). The topological polar surface area (TPSA) is 58.1 Å². The second-order valence-corrected chi connectivity index (χ2v) is 7.11. The van der Waals surface area contributed by atoms with Crippen molar-refractivity contribution in [3.8, 4) is 0 Å². The number of benzene rings is 2. The minimum Gasteiger partial charge on any atom is -0.337 e. The van der Waals surface area contributed by atoms with Crippen LogP contribution in [0, 0.1) is 4.77 Å². The molecular formula is C22H23N3O2S. The zero-order valence-electron chi connectivity index (χ0n) is 16.1. The number of amides is 1. The molecule has 28 heavy (non-hydrogen) atoms. The van der Waals surface area contributed by atoms with Gasteiger partial charge in [-0.2, -0.15) is 0 Å². The number of fused-ring (bicyclic) bond motifs is 1. The highest BCUT2D eigenvalue weighted by Gasteiger charge is 2.14. The SMILES string of the molecule is C=CCn1c(=S)[nH]c2cc(C(=O)N(C)Cc3ccc(CC)cc3)ccc2c1=O. The summed E-state index contributed by atoms with van der Waals surface area (Å²) >= 11 is 5.26. The summed E-state index contributed by atoms with van der Waals surface area (Å²) in [6.07, 6.45) is 2.61. The molecule has 0 unspecified atom stereocenters. The molecule has 0 bridgehead atoms. The number of hydrogen-bond acceptors (Lipinski definition) is 3. The van der Waals surface area contributed by atoms with Gasteiger partial charge >= 0.3 is 0 Å². The molecule has 0 radical (unpaired) electrons. The molecule has 1 heterocycles. The zero-order valence-corrected chi connectivity index (χ0v) is 16.9. The molecule has 0 aliphatic carbocycles. The summed E-state index contributed by atoms with van der Waals surface area (Å²) in [6, 6.07) is 13.3. The molecule has 3 aromatic rings. The molecule has 0 spiro atoms. The molecule has 1 amide bonds. The van der Waals surface area contributed by atoms with Crippen LogP contribution in [0.5, 0.6) is 0 Å². The zero-order chi connectivity index (χ0) is 20.3. The summed E-state index contributed by atoms with van der Waals surface area (Å²) in [5.74, 6) is -0.115. The van der Waals surface area contributed by atoms with E-state index in [1.165, 1.54) is 10.1 Å². The smallest absolute Gasteiger partial charge is 0.262 e. The molecule has 0 fully saturated rings. The van der Waals surface area contributed by atoms with Crippen molar-refractivity contribution in [3.63, 3.8) is 0 Å².